The van der Waals surface area contributed by atoms with Gasteiger partial charge in [0, 0.05) is 29.3 Å². The zero-order valence-electron chi connectivity index (χ0n) is 11.9. The van der Waals surface area contributed by atoms with Crippen molar-refractivity contribution >= 4 is 35.1 Å². The largest absolute Gasteiger partial charge is 0.384 e. The summed E-state index contributed by atoms with van der Waals surface area (Å²) in [6, 6.07) is 5.31. The maximum atomic E-state index is 11.3. The van der Waals surface area contributed by atoms with E-state index in [9.17, 15) is 4.79 Å². The minimum atomic E-state index is 0.0510. The summed E-state index contributed by atoms with van der Waals surface area (Å²) >= 11 is 3.07. The number of thioether (sulfide) groups is 2. The predicted molar refractivity (Wildman–Crippen MR) is 86.9 cm³/mol. The van der Waals surface area contributed by atoms with Crippen molar-refractivity contribution in [1.82, 2.24) is 15.0 Å². The highest BCUT2D eigenvalue weighted by atomic mass is 32.2. The van der Waals surface area contributed by atoms with Crippen LogP contribution in [0.25, 0.3) is 0 Å². The Labute approximate surface area is 132 Å². The smallest absolute Gasteiger partial charge is 0.190 e. The first-order valence-corrected chi connectivity index (χ1v) is 8.56. The third kappa shape index (κ3) is 4.71. The number of ketones is 1. The second kappa shape index (κ2) is 7.42. The van der Waals surface area contributed by atoms with Crippen LogP contribution in [-0.4, -0.2) is 32.7 Å². The van der Waals surface area contributed by atoms with E-state index in [1.165, 1.54) is 23.5 Å². The Morgan fingerprint density at radius 2 is 2.14 bits per heavy atom. The lowest BCUT2D eigenvalue weighted by atomic mass is 10.1. The normalized spacial score (nSPS) is 10.6. The number of carbonyl (C=O) groups excluding carboxylic acids is 1. The summed E-state index contributed by atoms with van der Waals surface area (Å²) in [6.07, 6.45) is 4.37. The van der Waals surface area contributed by atoms with Crippen LogP contribution in [0.1, 0.15) is 23.0 Å². The van der Waals surface area contributed by atoms with Crippen molar-refractivity contribution in [1.29, 1.82) is 0 Å². The van der Waals surface area contributed by atoms with Gasteiger partial charge >= 0.3 is 0 Å². The number of pyridine rings is 1. The molecule has 2 aromatic rings. The zero-order chi connectivity index (χ0) is 15.2. The molecule has 7 heteroatoms. The summed E-state index contributed by atoms with van der Waals surface area (Å²) in [6.45, 7) is 1.55. The number of nitrogens with two attached hydrogens (primary N) is 1. The molecule has 21 heavy (non-hydrogen) atoms. The summed E-state index contributed by atoms with van der Waals surface area (Å²) in [5.41, 5.74) is 7.33. The molecule has 2 aromatic heterocycles. The van der Waals surface area contributed by atoms with E-state index in [0.717, 1.165) is 22.9 Å². The van der Waals surface area contributed by atoms with Crippen LogP contribution in [0.4, 0.5) is 5.82 Å². The monoisotopic (exact) mass is 320 g/mol. The van der Waals surface area contributed by atoms with Crippen LogP contribution in [0.5, 0.6) is 0 Å². The van der Waals surface area contributed by atoms with Gasteiger partial charge in [0.1, 0.15) is 10.8 Å². The number of rotatable bonds is 6. The number of aromatic nitrogens is 3. The Balaban J connectivity index is 1.96. The number of hydrogen-bond acceptors (Lipinski definition) is 7. The number of aryl methyl sites for hydroxylation is 1. The Morgan fingerprint density at radius 3 is 2.86 bits per heavy atom. The topological polar surface area (TPSA) is 81.8 Å². The van der Waals surface area contributed by atoms with Gasteiger partial charge in [0.15, 0.2) is 10.9 Å². The highest BCUT2D eigenvalue weighted by Crippen LogP contribution is 2.20. The number of nitrogens with zero attached hydrogens (tertiary/aromatic N) is 3. The summed E-state index contributed by atoms with van der Waals surface area (Å²) in [7, 11) is 0. The molecule has 0 amide bonds. The van der Waals surface area contributed by atoms with E-state index in [1.807, 2.05) is 12.3 Å². The first-order chi connectivity index (χ1) is 10.1. The van der Waals surface area contributed by atoms with Crippen LogP contribution in [0.15, 0.2) is 34.6 Å². The van der Waals surface area contributed by atoms with Gasteiger partial charge in [-0.05, 0) is 31.7 Å². The standard InChI is InChI=1S/C14H16N4OS2/c1-9(19)10-3-5-16-11(7-10)4-6-21-14-17-12(15)8-13(18-14)20-2/h3,5,7-8H,4,6H2,1-2H3,(H2,15,17,18). The quantitative estimate of drug-likeness (QED) is 0.379. The fourth-order valence-electron chi connectivity index (χ4n) is 1.67. The van der Waals surface area contributed by atoms with Gasteiger partial charge in [-0.2, -0.15) is 0 Å². The molecule has 0 unspecified atom stereocenters. The van der Waals surface area contributed by atoms with Crippen molar-refractivity contribution in [3.63, 3.8) is 0 Å². The fourth-order valence-corrected chi connectivity index (χ4v) is 2.97. The lowest BCUT2D eigenvalue weighted by molar-refractivity contribution is 0.101. The van der Waals surface area contributed by atoms with Gasteiger partial charge in [-0.15, -0.1) is 11.8 Å². The molecule has 0 fully saturated rings. The van der Waals surface area contributed by atoms with E-state index in [1.54, 1.807) is 25.3 Å². The lowest BCUT2D eigenvalue weighted by Crippen LogP contribution is -2.00. The van der Waals surface area contributed by atoms with Crippen LogP contribution in [0.3, 0.4) is 0 Å². The molecule has 2 N–H and O–H groups in total. The molecule has 2 heterocycles. The third-order valence-corrected chi connectivity index (χ3v) is 4.20. The van der Waals surface area contributed by atoms with Crippen LogP contribution < -0.4 is 5.73 Å². The van der Waals surface area contributed by atoms with Gasteiger partial charge in [0.05, 0.1) is 0 Å². The van der Waals surface area contributed by atoms with E-state index in [4.69, 9.17) is 5.73 Å². The molecule has 0 aliphatic carbocycles. The molecule has 5 nitrogen and oxygen atoms in total. The van der Waals surface area contributed by atoms with Gasteiger partial charge in [-0.1, -0.05) is 11.8 Å². The Morgan fingerprint density at radius 1 is 1.33 bits per heavy atom. The minimum Gasteiger partial charge on any atom is -0.384 e. The van der Waals surface area contributed by atoms with Crippen LogP contribution in [-0.2, 0) is 6.42 Å². The number of carbonyl (C=O) groups is 1. The first kappa shape index (κ1) is 15.8. The average Bonchev–Trinajstić information content (AvgIpc) is 2.47. The third-order valence-electron chi connectivity index (χ3n) is 2.72. The summed E-state index contributed by atoms with van der Waals surface area (Å²) in [4.78, 5) is 24.2. The molecule has 0 aromatic carbocycles. The summed E-state index contributed by atoms with van der Waals surface area (Å²) in [5, 5.41) is 1.53. The summed E-state index contributed by atoms with van der Waals surface area (Å²) < 4.78 is 0. The van der Waals surface area contributed by atoms with E-state index in [-0.39, 0.29) is 5.78 Å². The second-order valence-electron chi connectivity index (χ2n) is 4.31. The first-order valence-electron chi connectivity index (χ1n) is 6.35. The van der Waals surface area contributed by atoms with Gasteiger partial charge in [0.2, 0.25) is 0 Å². The molecule has 0 aliphatic heterocycles. The number of hydrogen-bond donors (Lipinski definition) is 1. The van der Waals surface area contributed by atoms with E-state index in [0.29, 0.717) is 16.5 Å². The number of anilines is 1. The van der Waals surface area contributed by atoms with Gasteiger partial charge < -0.3 is 5.73 Å². The maximum Gasteiger partial charge on any atom is 0.190 e. The van der Waals surface area contributed by atoms with Crippen molar-refractivity contribution in [3.05, 3.63) is 35.7 Å². The Bertz CT molecular complexity index is 649. The Kier molecular flexibility index (Phi) is 5.58. The van der Waals surface area contributed by atoms with E-state index >= 15 is 0 Å². The summed E-state index contributed by atoms with van der Waals surface area (Å²) in [5.74, 6) is 1.31. The molecule has 110 valence electrons. The maximum absolute atomic E-state index is 11.3. The molecular formula is C14H16N4OS2. The number of nitrogen functional groups attached to an aromatic ring is 1. The second-order valence-corrected chi connectivity index (χ2v) is 6.20. The molecule has 0 aliphatic rings. The van der Waals surface area contributed by atoms with Crippen molar-refractivity contribution in [2.75, 3.05) is 17.7 Å². The molecule has 2 rings (SSSR count). The van der Waals surface area contributed by atoms with Gasteiger partial charge in [-0.3, -0.25) is 9.78 Å². The molecule has 0 saturated heterocycles. The van der Waals surface area contributed by atoms with Crippen molar-refractivity contribution in [2.45, 2.75) is 23.5 Å². The molecule has 0 radical (unpaired) electrons. The number of Topliss-reactive ketones (excluding diaryl/α,β-unsaturated/α-hetero) is 1. The van der Waals surface area contributed by atoms with Crippen molar-refractivity contribution < 1.29 is 4.79 Å². The van der Waals surface area contributed by atoms with Gasteiger partial charge in [0.25, 0.3) is 0 Å². The van der Waals surface area contributed by atoms with Crippen molar-refractivity contribution in [3.8, 4) is 0 Å². The average molecular weight is 320 g/mol. The minimum absolute atomic E-state index is 0.0510. The predicted octanol–water partition coefficient (Wildman–Crippen LogP) is 2.71. The van der Waals surface area contributed by atoms with Crippen LogP contribution in [0.2, 0.25) is 0 Å². The van der Waals surface area contributed by atoms with Crippen LogP contribution in [0, 0.1) is 0 Å². The van der Waals surface area contributed by atoms with Crippen LogP contribution >= 0.6 is 23.5 Å². The molecule has 0 spiro atoms. The highest BCUT2D eigenvalue weighted by molar-refractivity contribution is 7.99. The lowest BCUT2D eigenvalue weighted by Gasteiger charge is -2.04. The zero-order valence-corrected chi connectivity index (χ0v) is 13.5. The molecule has 0 atom stereocenters. The Hall–Kier alpha value is -1.60. The fraction of sp³-hybridized carbons (Fsp3) is 0.286. The highest BCUT2D eigenvalue weighted by Gasteiger charge is 2.05. The molecular weight excluding hydrogens is 304 g/mol. The molecule has 0 bridgehead atoms. The van der Waals surface area contributed by atoms with E-state index < -0.39 is 0 Å². The SMILES string of the molecule is CSc1cc(N)nc(SCCc2cc(C(C)=O)ccn2)n1. The van der Waals surface area contributed by atoms with Crippen molar-refractivity contribution in [2.24, 2.45) is 0 Å². The molecule has 0 saturated carbocycles. The van der Waals surface area contributed by atoms with Gasteiger partial charge in [-0.25, -0.2) is 9.97 Å². The van der Waals surface area contributed by atoms with E-state index in [2.05, 4.69) is 15.0 Å².